The van der Waals surface area contributed by atoms with Crippen molar-refractivity contribution in [3.05, 3.63) is 34.3 Å². The van der Waals surface area contributed by atoms with Crippen molar-refractivity contribution in [3.8, 4) is 0 Å². The van der Waals surface area contributed by atoms with E-state index in [9.17, 15) is 9.59 Å². The number of esters is 1. The maximum atomic E-state index is 11.9. The highest BCUT2D eigenvalue weighted by atomic mass is 35.5. The Morgan fingerprint density at radius 1 is 1.37 bits per heavy atom. The molecule has 1 aromatic rings. The Hall–Kier alpha value is -1.55. The zero-order valence-electron chi connectivity index (χ0n) is 11.2. The molecule has 104 valence electrons. The third-order valence-electron chi connectivity index (χ3n) is 2.59. The van der Waals surface area contributed by atoms with Crippen molar-refractivity contribution in [2.24, 2.45) is 0 Å². The average Bonchev–Trinajstić information content (AvgIpc) is 2.37. The molecule has 0 aliphatic heterocycles. The minimum absolute atomic E-state index is 0.177. The normalized spacial score (nSPS) is 10.1. The van der Waals surface area contributed by atoms with Gasteiger partial charge in [-0.2, -0.15) is 0 Å². The molecule has 0 atom stereocenters. The number of ether oxygens (including phenoxy) is 1. The predicted molar refractivity (Wildman–Crippen MR) is 74.4 cm³/mol. The number of benzene rings is 1. The van der Waals surface area contributed by atoms with Gasteiger partial charge >= 0.3 is 5.97 Å². The third-order valence-corrected chi connectivity index (χ3v) is 2.83. The number of halogens is 1. The highest BCUT2D eigenvalue weighted by Gasteiger charge is 2.09. The molecule has 0 aliphatic carbocycles. The Kier molecular flexibility index (Phi) is 6.36. The van der Waals surface area contributed by atoms with Crippen LogP contribution in [0.1, 0.15) is 35.7 Å². The first-order valence-electron chi connectivity index (χ1n) is 6.24. The summed E-state index contributed by atoms with van der Waals surface area (Å²) in [4.78, 5) is 23.0. The molecular formula is C14H18ClNO3. The van der Waals surface area contributed by atoms with E-state index >= 15 is 0 Å². The lowest BCUT2D eigenvalue weighted by Gasteiger charge is -2.08. The number of rotatable bonds is 6. The minimum atomic E-state index is -0.240. The van der Waals surface area contributed by atoms with Crippen LogP contribution in [0.25, 0.3) is 0 Å². The second kappa shape index (κ2) is 7.79. The molecule has 0 unspecified atom stereocenters. The standard InChI is InChI=1S/C14H18ClNO3/c1-3-19-13(17)5-4-8-16-14(18)12-9-11(15)7-6-10(12)2/h6-7,9H,3-5,8H2,1-2H3,(H,16,18). The quantitative estimate of drug-likeness (QED) is 0.645. The Morgan fingerprint density at radius 3 is 2.79 bits per heavy atom. The van der Waals surface area contributed by atoms with Crippen LogP contribution < -0.4 is 5.32 Å². The number of aryl methyl sites for hydroxylation is 1. The Labute approximate surface area is 118 Å². The highest BCUT2D eigenvalue weighted by Crippen LogP contribution is 2.15. The van der Waals surface area contributed by atoms with Crippen molar-refractivity contribution in [1.82, 2.24) is 5.32 Å². The fourth-order valence-electron chi connectivity index (χ4n) is 1.60. The van der Waals surface area contributed by atoms with Crippen molar-refractivity contribution in [1.29, 1.82) is 0 Å². The molecule has 4 nitrogen and oxygen atoms in total. The van der Waals surface area contributed by atoms with Crippen LogP contribution in [0.15, 0.2) is 18.2 Å². The van der Waals surface area contributed by atoms with E-state index in [1.807, 2.05) is 6.92 Å². The molecule has 0 radical (unpaired) electrons. The summed E-state index contributed by atoms with van der Waals surface area (Å²) >= 11 is 5.86. The van der Waals surface area contributed by atoms with Crippen LogP contribution in [0.2, 0.25) is 5.02 Å². The summed E-state index contributed by atoms with van der Waals surface area (Å²) in [6, 6.07) is 5.18. The van der Waals surface area contributed by atoms with E-state index in [2.05, 4.69) is 5.32 Å². The molecule has 1 rings (SSSR count). The van der Waals surface area contributed by atoms with Gasteiger partial charge < -0.3 is 10.1 Å². The number of carbonyl (C=O) groups excluding carboxylic acids is 2. The molecule has 0 saturated carbocycles. The van der Waals surface area contributed by atoms with Crippen LogP contribution in [0.4, 0.5) is 0 Å². The molecule has 0 spiro atoms. The molecule has 5 heteroatoms. The van der Waals surface area contributed by atoms with Gasteiger partial charge in [-0.15, -0.1) is 0 Å². The largest absolute Gasteiger partial charge is 0.466 e. The summed E-state index contributed by atoms with van der Waals surface area (Å²) in [7, 11) is 0. The van der Waals surface area contributed by atoms with Crippen LogP contribution in [0.3, 0.4) is 0 Å². The van der Waals surface area contributed by atoms with Gasteiger partial charge in [-0.1, -0.05) is 17.7 Å². The molecule has 0 saturated heterocycles. The van der Waals surface area contributed by atoms with E-state index in [0.29, 0.717) is 36.6 Å². The van der Waals surface area contributed by atoms with Gasteiger partial charge in [-0.25, -0.2) is 0 Å². The lowest BCUT2D eigenvalue weighted by atomic mass is 10.1. The number of hydrogen-bond acceptors (Lipinski definition) is 3. The van der Waals surface area contributed by atoms with Crippen LogP contribution in [-0.4, -0.2) is 25.0 Å². The van der Waals surface area contributed by atoms with E-state index < -0.39 is 0 Å². The fourth-order valence-corrected chi connectivity index (χ4v) is 1.77. The maximum Gasteiger partial charge on any atom is 0.305 e. The molecule has 0 bridgehead atoms. The molecule has 0 aliphatic rings. The molecule has 0 fully saturated rings. The van der Waals surface area contributed by atoms with Crippen molar-refractivity contribution in [2.75, 3.05) is 13.2 Å². The lowest BCUT2D eigenvalue weighted by Crippen LogP contribution is -2.25. The number of hydrogen-bond donors (Lipinski definition) is 1. The van der Waals surface area contributed by atoms with Gasteiger partial charge in [0.05, 0.1) is 6.61 Å². The summed E-state index contributed by atoms with van der Waals surface area (Å²) in [6.07, 6.45) is 0.868. The summed E-state index contributed by atoms with van der Waals surface area (Å²) < 4.78 is 4.80. The zero-order chi connectivity index (χ0) is 14.3. The highest BCUT2D eigenvalue weighted by molar-refractivity contribution is 6.31. The first kappa shape index (κ1) is 15.5. The average molecular weight is 284 g/mol. The molecule has 0 heterocycles. The first-order valence-corrected chi connectivity index (χ1v) is 6.62. The smallest absolute Gasteiger partial charge is 0.305 e. The van der Waals surface area contributed by atoms with Gasteiger partial charge in [0.1, 0.15) is 0 Å². The van der Waals surface area contributed by atoms with E-state index in [4.69, 9.17) is 16.3 Å². The summed E-state index contributed by atoms with van der Waals surface area (Å²) in [5, 5.41) is 3.29. The zero-order valence-corrected chi connectivity index (χ0v) is 11.9. The van der Waals surface area contributed by atoms with Gasteiger partial charge in [-0.3, -0.25) is 9.59 Å². The van der Waals surface area contributed by atoms with Crippen LogP contribution >= 0.6 is 11.6 Å². The SMILES string of the molecule is CCOC(=O)CCCNC(=O)c1cc(Cl)ccc1C. The monoisotopic (exact) mass is 283 g/mol. The van der Waals surface area contributed by atoms with Gasteiger partial charge in [0.15, 0.2) is 0 Å². The molecule has 1 aromatic carbocycles. The summed E-state index contributed by atoms with van der Waals surface area (Å²) in [6.45, 7) is 4.43. The van der Waals surface area contributed by atoms with E-state index in [1.54, 1.807) is 25.1 Å². The van der Waals surface area contributed by atoms with Crippen LogP contribution in [0, 0.1) is 6.92 Å². The molecule has 1 amide bonds. The van der Waals surface area contributed by atoms with Crippen molar-refractivity contribution < 1.29 is 14.3 Å². The Morgan fingerprint density at radius 2 is 2.11 bits per heavy atom. The van der Waals surface area contributed by atoms with Crippen LogP contribution in [-0.2, 0) is 9.53 Å². The van der Waals surface area contributed by atoms with E-state index in [-0.39, 0.29) is 11.9 Å². The Bertz CT molecular complexity index is 460. The van der Waals surface area contributed by atoms with Crippen LogP contribution in [0.5, 0.6) is 0 Å². The molecule has 1 N–H and O–H groups in total. The number of amides is 1. The number of nitrogens with one attached hydrogen (secondary N) is 1. The van der Waals surface area contributed by atoms with Crippen molar-refractivity contribution in [2.45, 2.75) is 26.7 Å². The minimum Gasteiger partial charge on any atom is -0.466 e. The van der Waals surface area contributed by atoms with E-state index in [0.717, 1.165) is 5.56 Å². The maximum absolute atomic E-state index is 11.9. The van der Waals surface area contributed by atoms with Gasteiger partial charge in [0.2, 0.25) is 0 Å². The van der Waals surface area contributed by atoms with Gasteiger partial charge in [0.25, 0.3) is 5.91 Å². The third kappa shape index (κ3) is 5.30. The molecule has 19 heavy (non-hydrogen) atoms. The molecule has 0 aromatic heterocycles. The van der Waals surface area contributed by atoms with Crippen molar-refractivity contribution in [3.63, 3.8) is 0 Å². The van der Waals surface area contributed by atoms with Gasteiger partial charge in [-0.05, 0) is 38.0 Å². The second-order valence-corrected chi connectivity index (χ2v) is 4.56. The molecular weight excluding hydrogens is 266 g/mol. The van der Waals surface area contributed by atoms with Crippen molar-refractivity contribution >= 4 is 23.5 Å². The lowest BCUT2D eigenvalue weighted by molar-refractivity contribution is -0.143. The fraction of sp³-hybridized carbons (Fsp3) is 0.429. The summed E-state index contributed by atoms with van der Waals surface area (Å²) in [5.74, 6) is -0.417. The first-order chi connectivity index (χ1) is 9.04. The summed E-state index contributed by atoms with van der Waals surface area (Å²) in [5.41, 5.74) is 1.43. The Balaban J connectivity index is 2.39. The predicted octanol–water partition coefficient (Wildman–Crippen LogP) is 2.72. The topological polar surface area (TPSA) is 55.4 Å². The second-order valence-electron chi connectivity index (χ2n) is 4.12. The van der Waals surface area contributed by atoms with E-state index in [1.165, 1.54) is 0 Å². The van der Waals surface area contributed by atoms with Gasteiger partial charge in [0, 0.05) is 23.6 Å². The number of carbonyl (C=O) groups is 2.